The van der Waals surface area contributed by atoms with E-state index in [4.69, 9.17) is 0 Å². The van der Waals surface area contributed by atoms with Gasteiger partial charge in [0.25, 0.3) is 0 Å². The van der Waals surface area contributed by atoms with Gasteiger partial charge >= 0.3 is 0 Å². The Bertz CT molecular complexity index is 530. The van der Waals surface area contributed by atoms with Gasteiger partial charge in [-0.3, -0.25) is 0 Å². The minimum Gasteiger partial charge on any atom is -0.316 e. The molecule has 114 valence electrons. The minimum atomic E-state index is -3.17. The highest BCUT2D eigenvalue weighted by molar-refractivity contribution is 7.91. The summed E-state index contributed by atoms with van der Waals surface area (Å²) in [4.78, 5) is 0.492. The molecule has 0 aliphatic rings. The fraction of sp³-hybridized carbons (Fsp3) is 0.625. The normalized spacial score (nSPS) is 14.2. The third kappa shape index (κ3) is 4.32. The van der Waals surface area contributed by atoms with Gasteiger partial charge in [-0.05, 0) is 36.9 Å². The average Bonchev–Trinajstić information content (AvgIpc) is 2.34. The summed E-state index contributed by atoms with van der Waals surface area (Å²) >= 11 is 0. The van der Waals surface area contributed by atoms with Crippen molar-refractivity contribution in [3.8, 4) is 0 Å². The Morgan fingerprint density at radius 3 is 2.30 bits per heavy atom. The van der Waals surface area contributed by atoms with Gasteiger partial charge in [0.1, 0.15) is 0 Å². The zero-order valence-corrected chi connectivity index (χ0v) is 14.0. The summed E-state index contributed by atoms with van der Waals surface area (Å²) in [5.74, 6) is 0.212. The van der Waals surface area contributed by atoms with E-state index in [1.165, 1.54) is 0 Å². The Morgan fingerprint density at radius 2 is 1.80 bits per heavy atom. The molecule has 4 heteroatoms. The molecule has 1 aromatic rings. The summed E-state index contributed by atoms with van der Waals surface area (Å²) in [6.07, 6.45) is 1.37. The van der Waals surface area contributed by atoms with Gasteiger partial charge in [0.2, 0.25) is 0 Å². The SMILES string of the molecule is CCCS(=O)(=O)c1ccccc1CC(NC)C(C)(C)C. The van der Waals surface area contributed by atoms with Gasteiger partial charge in [-0.1, -0.05) is 45.9 Å². The van der Waals surface area contributed by atoms with E-state index in [0.29, 0.717) is 11.3 Å². The van der Waals surface area contributed by atoms with Gasteiger partial charge in [-0.2, -0.15) is 0 Å². The van der Waals surface area contributed by atoms with Crippen LogP contribution in [0.1, 0.15) is 39.7 Å². The second-order valence-electron chi connectivity index (χ2n) is 6.34. The summed E-state index contributed by atoms with van der Waals surface area (Å²) in [5.41, 5.74) is 0.992. The number of sulfone groups is 1. The largest absolute Gasteiger partial charge is 0.316 e. The smallest absolute Gasteiger partial charge is 0.178 e. The standard InChI is InChI=1S/C16H27NO2S/c1-6-11-20(18,19)14-10-8-7-9-13(14)12-15(17-5)16(2,3)4/h7-10,15,17H,6,11-12H2,1-5H3. The van der Waals surface area contributed by atoms with Crippen molar-refractivity contribution in [1.82, 2.24) is 5.32 Å². The third-order valence-corrected chi connectivity index (χ3v) is 5.61. The molecular formula is C16H27NO2S. The summed E-state index contributed by atoms with van der Waals surface area (Å²) in [6.45, 7) is 8.39. The molecule has 0 saturated heterocycles. The zero-order chi connectivity index (χ0) is 15.4. The summed E-state index contributed by atoms with van der Waals surface area (Å²) < 4.78 is 24.7. The molecule has 0 aliphatic heterocycles. The van der Waals surface area contributed by atoms with Crippen LogP contribution in [-0.4, -0.2) is 27.3 Å². The predicted molar refractivity (Wildman–Crippen MR) is 84.8 cm³/mol. The fourth-order valence-electron chi connectivity index (χ4n) is 2.42. The van der Waals surface area contributed by atoms with Crippen molar-refractivity contribution in [3.05, 3.63) is 29.8 Å². The molecule has 0 aliphatic carbocycles. The van der Waals surface area contributed by atoms with E-state index in [-0.39, 0.29) is 17.2 Å². The lowest BCUT2D eigenvalue weighted by molar-refractivity contribution is 0.279. The maximum Gasteiger partial charge on any atom is 0.178 e. The van der Waals surface area contributed by atoms with Gasteiger partial charge in [-0.25, -0.2) is 8.42 Å². The van der Waals surface area contributed by atoms with Crippen LogP contribution in [0.15, 0.2) is 29.2 Å². The number of likely N-dealkylation sites (N-methyl/N-ethyl adjacent to an activating group) is 1. The third-order valence-electron chi connectivity index (χ3n) is 3.60. The predicted octanol–water partition coefficient (Wildman–Crippen LogP) is 3.05. The molecule has 3 nitrogen and oxygen atoms in total. The van der Waals surface area contributed by atoms with Crippen molar-refractivity contribution in [1.29, 1.82) is 0 Å². The van der Waals surface area contributed by atoms with Crippen LogP contribution >= 0.6 is 0 Å². The summed E-state index contributed by atoms with van der Waals surface area (Å²) in [7, 11) is -1.24. The summed E-state index contributed by atoms with van der Waals surface area (Å²) in [5, 5.41) is 3.31. The molecule has 0 heterocycles. The van der Waals surface area contributed by atoms with Crippen molar-refractivity contribution < 1.29 is 8.42 Å². The molecule has 0 fully saturated rings. The van der Waals surface area contributed by atoms with Crippen molar-refractivity contribution in [3.63, 3.8) is 0 Å². The number of hydrogen-bond acceptors (Lipinski definition) is 3. The second kappa shape index (κ2) is 6.72. The van der Waals surface area contributed by atoms with Crippen LogP contribution in [0.25, 0.3) is 0 Å². The maximum atomic E-state index is 12.4. The van der Waals surface area contributed by atoms with Crippen molar-refractivity contribution >= 4 is 9.84 Å². The van der Waals surface area contributed by atoms with Crippen LogP contribution in [-0.2, 0) is 16.3 Å². The molecule has 1 atom stereocenters. The molecule has 1 rings (SSSR count). The highest BCUT2D eigenvalue weighted by Crippen LogP contribution is 2.26. The molecule has 1 unspecified atom stereocenters. The van der Waals surface area contributed by atoms with E-state index in [0.717, 1.165) is 12.0 Å². The number of hydrogen-bond donors (Lipinski definition) is 1. The quantitative estimate of drug-likeness (QED) is 0.878. The Hall–Kier alpha value is -0.870. The summed E-state index contributed by atoms with van der Waals surface area (Å²) in [6, 6.07) is 7.61. The van der Waals surface area contributed by atoms with E-state index in [9.17, 15) is 8.42 Å². The molecule has 1 aromatic carbocycles. The lowest BCUT2D eigenvalue weighted by Gasteiger charge is -2.31. The van der Waals surface area contributed by atoms with Crippen molar-refractivity contribution in [2.24, 2.45) is 5.41 Å². The van der Waals surface area contributed by atoms with Gasteiger partial charge < -0.3 is 5.32 Å². The van der Waals surface area contributed by atoms with Gasteiger partial charge in [0.05, 0.1) is 10.6 Å². The Morgan fingerprint density at radius 1 is 1.20 bits per heavy atom. The number of nitrogens with one attached hydrogen (secondary N) is 1. The first-order chi connectivity index (χ1) is 9.22. The first kappa shape index (κ1) is 17.2. The first-order valence-electron chi connectivity index (χ1n) is 7.20. The van der Waals surface area contributed by atoms with Crippen LogP contribution in [0, 0.1) is 5.41 Å². The molecule has 20 heavy (non-hydrogen) atoms. The van der Waals surface area contributed by atoms with E-state index in [2.05, 4.69) is 26.1 Å². The first-order valence-corrected chi connectivity index (χ1v) is 8.85. The van der Waals surface area contributed by atoms with Gasteiger partial charge in [0, 0.05) is 6.04 Å². The van der Waals surface area contributed by atoms with Crippen molar-refractivity contribution in [2.75, 3.05) is 12.8 Å². The molecule has 0 amide bonds. The lowest BCUT2D eigenvalue weighted by atomic mass is 9.83. The lowest BCUT2D eigenvalue weighted by Crippen LogP contribution is -2.40. The zero-order valence-electron chi connectivity index (χ0n) is 13.2. The van der Waals surface area contributed by atoms with E-state index in [1.807, 2.05) is 26.1 Å². The monoisotopic (exact) mass is 297 g/mol. The Labute approximate surface area is 123 Å². The number of rotatable bonds is 6. The van der Waals surface area contributed by atoms with Crippen LogP contribution < -0.4 is 5.32 Å². The molecule has 1 N–H and O–H groups in total. The van der Waals surface area contributed by atoms with E-state index in [1.54, 1.807) is 12.1 Å². The molecular weight excluding hydrogens is 270 g/mol. The van der Waals surface area contributed by atoms with E-state index >= 15 is 0 Å². The topological polar surface area (TPSA) is 46.2 Å². The van der Waals surface area contributed by atoms with Crippen molar-refractivity contribution in [2.45, 2.75) is 51.5 Å². The minimum absolute atomic E-state index is 0.0797. The Balaban J connectivity index is 3.15. The van der Waals surface area contributed by atoms with Crippen LogP contribution in [0.2, 0.25) is 0 Å². The maximum absolute atomic E-state index is 12.4. The van der Waals surface area contributed by atoms with Gasteiger partial charge in [0.15, 0.2) is 9.84 Å². The molecule has 0 saturated carbocycles. The Kier molecular flexibility index (Phi) is 5.78. The van der Waals surface area contributed by atoms with Crippen LogP contribution in [0.3, 0.4) is 0 Å². The van der Waals surface area contributed by atoms with Crippen LogP contribution in [0.5, 0.6) is 0 Å². The second-order valence-corrected chi connectivity index (χ2v) is 8.42. The average molecular weight is 297 g/mol. The molecule has 0 bridgehead atoms. The number of benzene rings is 1. The van der Waals surface area contributed by atoms with Crippen LogP contribution in [0.4, 0.5) is 0 Å². The molecule has 0 spiro atoms. The molecule has 0 aromatic heterocycles. The van der Waals surface area contributed by atoms with E-state index < -0.39 is 9.84 Å². The van der Waals surface area contributed by atoms with Gasteiger partial charge in [-0.15, -0.1) is 0 Å². The molecule has 0 radical (unpaired) electrons. The fourth-order valence-corrected chi connectivity index (χ4v) is 4.01. The highest BCUT2D eigenvalue weighted by Gasteiger charge is 2.26. The highest BCUT2D eigenvalue weighted by atomic mass is 32.2.